The maximum Gasteiger partial charge on any atom is 0.253 e. The van der Waals surface area contributed by atoms with Gasteiger partial charge in [-0.2, -0.15) is 0 Å². The SMILES string of the molecule is CCNC(=S)N(CCN1CCOCC1)Cc1cc2cccc(C)c2[nH]c1=O. The van der Waals surface area contributed by atoms with E-state index in [1.54, 1.807) is 0 Å². The van der Waals surface area contributed by atoms with Crippen LogP contribution in [-0.2, 0) is 11.3 Å². The number of aryl methyl sites for hydroxylation is 1. The number of H-pyrrole nitrogens is 1. The van der Waals surface area contributed by atoms with Gasteiger partial charge in [0.1, 0.15) is 0 Å². The Labute approximate surface area is 165 Å². The minimum atomic E-state index is -0.0486. The Kier molecular flexibility index (Phi) is 6.82. The zero-order valence-electron chi connectivity index (χ0n) is 16.1. The van der Waals surface area contributed by atoms with E-state index in [1.165, 1.54) is 0 Å². The Morgan fingerprint density at radius 3 is 2.89 bits per heavy atom. The first-order valence-electron chi connectivity index (χ1n) is 9.53. The van der Waals surface area contributed by atoms with Crippen LogP contribution in [0.1, 0.15) is 18.1 Å². The monoisotopic (exact) mass is 388 g/mol. The lowest BCUT2D eigenvalue weighted by Crippen LogP contribution is -2.46. The Hall–Kier alpha value is -1.96. The van der Waals surface area contributed by atoms with Crippen LogP contribution in [-0.4, -0.2) is 65.8 Å². The first-order valence-corrected chi connectivity index (χ1v) is 9.93. The van der Waals surface area contributed by atoms with E-state index >= 15 is 0 Å². The number of hydrogen-bond acceptors (Lipinski definition) is 4. The third-order valence-electron chi connectivity index (χ3n) is 4.93. The summed E-state index contributed by atoms with van der Waals surface area (Å²) in [5.74, 6) is 0. The molecule has 0 radical (unpaired) electrons. The molecule has 0 saturated carbocycles. The molecule has 0 bridgehead atoms. The lowest BCUT2D eigenvalue weighted by Gasteiger charge is -2.31. The normalized spacial score (nSPS) is 15.0. The van der Waals surface area contributed by atoms with Crippen LogP contribution in [0.15, 0.2) is 29.1 Å². The predicted octanol–water partition coefficient (Wildman–Crippen LogP) is 1.87. The van der Waals surface area contributed by atoms with Gasteiger partial charge in [-0.3, -0.25) is 9.69 Å². The first-order chi connectivity index (χ1) is 13.1. The molecule has 2 aromatic rings. The highest BCUT2D eigenvalue weighted by Gasteiger charge is 2.16. The predicted molar refractivity (Wildman–Crippen MR) is 113 cm³/mol. The number of morpholine rings is 1. The summed E-state index contributed by atoms with van der Waals surface area (Å²) in [6.07, 6.45) is 0. The summed E-state index contributed by atoms with van der Waals surface area (Å²) < 4.78 is 5.42. The van der Waals surface area contributed by atoms with Crippen LogP contribution in [0.25, 0.3) is 10.9 Å². The number of thiocarbonyl (C=S) groups is 1. The summed E-state index contributed by atoms with van der Waals surface area (Å²) in [5, 5.41) is 4.96. The maximum absolute atomic E-state index is 12.6. The van der Waals surface area contributed by atoms with Gasteiger partial charge < -0.3 is 19.9 Å². The van der Waals surface area contributed by atoms with Crippen molar-refractivity contribution in [3.8, 4) is 0 Å². The second-order valence-corrected chi connectivity index (χ2v) is 7.26. The Balaban J connectivity index is 1.78. The number of pyridine rings is 1. The maximum atomic E-state index is 12.6. The van der Waals surface area contributed by atoms with E-state index in [4.69, 9.17) is 17.0 Å². The number of nitrogens with one attached hydrogen (secondary N) is 2. The summed E-state index contributed by atoms with van der Waals surface area (Å²) in [7, 11) is 0. The molecule has 2 N–H and O–H groups in total. The number of aromatic nitrogens is 1. The smallest absolute Gasteiger partial charge is 0.253 e. The minimum absolute atomic E-state index is 0.0486. The highest BCUT2D eigenvalue weighted by atomic mass is 32.1. The first kappa shape index (κ1) is 19.8. The van der Waals surface area contributed by atoms with Crippen LogP contribution >= 0.6 is 12.2 Å². The van der Waals surface area contributed by atoms with E-state index in [0.29, 0.717) is 11.7 Å². The molecule has 146 valence electrons. The summed E-state index contributed by atoms with van der Waals surface area (Å²) in [6.45, 7) is 10.4. The number of rotatable bonds is 6. The molecule has 1 saturated heterocycles. The second kappa shape index (κ2) is 9.30. The molecule has 6 nitrogen and oxygen atoms in total. The fraction of sp³-hybridized carbons (Fsp3) is 0.500. The average molecular weight is 389 g/mol. The van der Waals surface area contributed by atoms with Crippen molar-refractivity contribution >= 4 is 28.2 Å². The molecule has 1 aliphatic rings. The molecule has 1 aromatic heterocycles. The average Bonchev–Trinajstić information content (AvgIpc) is 2.67. The van der Waals surface area contributed by atoms with E-state index in [9.17, 15) is 4.79 Å². The minimum Gasteiger partial charge on any atom is -0.379 e. The zero-order chi connectivity index (χ0) is 19.2. The third-order valence-corrected chi connectivity index (χ3v) is 5.33. The van der Waals surface area contributed by atoms with Crippen LogP contribution in [0.2, 0.25) is 0 Å². The number of fused-ring (bicyclic) bond motifs is 1. The lowest BCUT2D eigenvalue weighted by molar-refractivity contribution is 0.0357. The molecule has 1 fully saturated rings. The number of hydrogen-bond donors (Lipinski definition) is 2. The number of aromatic amines is 1. The highest BCUT2D eigenvalue weighted by molar-refractivity contribution is 7.80. The molecule has 7 heteroatoms. The van der Waals surface area contributed by atoms with Crippen molar-refractivity contribution in [3.05, 3.63) is 45.7 Å². The molecule has 27 heavy (non-hydrogen) atoms. The van der Waals surface area contributed by atoms with E-state index in [0.717, 1.165) is 68.0 Å². The summed E-state index contributed by atoms with van der Waals surface area (Å²) in [5.41, 5.74) is 2.66. The van der Waals surface area contributed by atoms with Crippen LogP contribution in [0.5, 0.6) is 0 Å². The number of benzene rings is 1. The van der Waals surface area contributed by atoms with Gasteiger partial charge in [0, 0.05) is 38.3 Å². The quantitative estimate of drug-likeness (QED) is 0.737. The van der Waals surface area contributed by atoms with Crippen LogP contribution in [0.4, 0.5) is 0 Å². The molecule has 0 spiro atoms. The molecule has 1 aliphatic heterocycles. The highest BCUT2D eigenvalue weighted by Crippen LogP contribution is 2.16. The van der Waals surface area contributed by atoms with Crippen LogP contribution in [0, 0.1) is 6.92 Å². The van der Waals surface area contributed by atoms with Crippen molar-refractivity contribution in [2.45, 2.75) is 20.4 Å². The van der Waals surface area contributed by atoms with Gasteiger partial charge in [-0.25, -0.2) is 0 Å². The van der Waals surface area contributed by atoms with Gasteiger partial charge in [0.05, 0.1) is 25.3 Å². The summed E-state index contributed by atoms with van der Waals surface area (Å²) in [4.78, 5) is 20.1. The number of ether oxygens (including phenoxy) is 1. The van der Waals surface area contributed by atoms with E-state index in [1.807, 2.05) is 38.1 Å². The van der Waals surface area contributed by atoms with E-state index in [-0.39, 0.29) is 5.56 Å². The molecule has 3 rings (SSSR count). The summed E-state index contributed by atoms with van der Waals surface area (Å²) >= 11 is 5.56. The standard InChI is InChI=1S/C20H28N4O2S/c1-3-21-20(27)24(8-7-23-9-11-26-12-10-23)14-17-13-16-6-4-5-15(2)18(16)22-19(17)25/h4-6,13H,3,7-12,14H2,1-2H3,(H,21,27)(H,22,25). The molecular formula is C20H28N4O2S. The number of para-hydroxylation sites is 1. The van der Waals surface area contributed by atoms with Crippen molar-refractivity contribution in [1.29, 1.82) is 0 Å². The van der Waals surface area contributed by atoms with Gasteiger partial charge in [0.15, 0.2) is 5.11 Å². The molecule has 0 atom stereocenters. The van der Waals surface area contributed by atoms with Crippen molar-refractivity contribution in [3.63, 3.8) is 0 Å². The van der Waals surface area contributed by atoms with E-state index < -0.39 is 0 Å². The second-order valence-electron chi connectivity index (χ2n) is 6.87. The van der Waals surface area contributed by atoms with Crippen molar-refractivity contribution in [2.24, 2.45) is 0 Å². The number of nitrogens with zero attached hydrogens (tertiary/aromatic N) is 2. The van der Waals surface area contributed by atoms with Crippen LogP contribution in [0.3, 0.4) is 0 Å². The lowest BCUT2D eigenvalue weighted by atomic mass is 10.1. The van der Waals surface area contributed by atoms with Crippen molar-refractivity contribution in [1.82, 2.24) is 20.1 Å². The van der Waals surface area contributed by atoms with Gasteiger partial charge in [0.2, 0.25) is 0 Å². The fourth-order valence-corrected chi connectivity index (χ4v) is 3.65. The van der Waals surface area contributed by atoms with Crippen molar-refractivity contribution in [2.75, 3.05) is 45.9 Å². The fourth-order valence-electron chi connectivity index (χ4n) is 3.35. The van der Waals surface area contributed by atoms with Gasteiger partial charge >= 0.3 is 0 Å². The van der Waals surface area contributed by atoms with Gasteiger partial charge in [-0.1, -0.05) is 18.2 Å². The molecule has 0 unspecified atom stereocenters. The Bertz CT molecular complexity index is 845. The molecule has 1 aromatic carbocycles. The van der Waals surface area contributed by atoms with Gasteiger partial charge in [-0.05, 0) is 43.1 Å². The van der Waals surface area contributed by atoms with Crippen molar-refractivity contribution < 1.29 is 4.74 Å². The van der Waals surface area contributed by atoms with Crippen LogP contribution < -0.4 is 10.9 Å². The van der Waals surface area contributed by atoms with E-state index in [2.05, 4.69) is 20.1 Å². The van der Waals surface area contributed by atoms with Gasteiger partial charge in [0.25, 0.3) is 5.56 Å². The molecular weight excluding hydrogens is 360 g/mol. The zero-order valence-corrected chi connectivity index (χ0v) is 16.9. The summed E-state index contributed by atoms with van der Waals surface area (Å²) in [6, 6.07) is 8.03. The largest absolute Gasteiger partial charge is 0.379 e. The Morgan fingerprint density at radius 1 is 1.37 bits per heavy atom. The third kappa shape index (κ3) is 5.06. The molecule has 2 heterocycles. The Morgan fingerprint density at radius 2 is 2.15 bits per heavy atom. The molecule has 0 aliphatic carbocycles. The topological polar surface area (TPSA) is 60.6 Å². The van der Waals surface area contributed by atoms with Gasteiger partial charge in [-0.15, -0.1) is 0 Å². The molecule has 0 amide bonds.